The third-order valence-corrected chi connectivity index (χ3v) is 5.94. The van der Waals surface area contributed by atoms with E-state index in [9.17, 15) is 4.79 Å². The largest absolute Gasteiger partial charge is 0.488 e. The Labute approximate surface area is 201 Å². The molecule has 34 heavy (non-hydrogen) atoms. The number of amides is 1. The highest BCUT2D eigenvalue weighted by Gasteiger charge is 2.19. The fraction of sp³-hybridized carbons (Fsp3) is 0.0741. The summed E-state index contributed by atoms with van der Waals surface area (Å²) in [7, 11) is 1.79. The van der Waals surface area contributed by atoms with Gasteiger partial charge in [-0.3, -0.25) is 14.5 Å². The number of nitrogens with zero attached hydrogens (tertiary/aromatic N) is 3. The molecular formula is C27H21ClN4O2. The van der Waals surface area contributed by atoms with E-state index in [0.717, 1.165) is 27.7 Å². The van der Waals surface area contributed by atoms with Crippen LogP contribution in [0.1, 0.15) is 15.9 Å². The van der Waals surface area contributed by atoms with Gasteiger partial charge in [0.25, 0.3) is 5.91 Å². The van der Waals surface area contributed by atoms with Crippen molar-refractivity contribution in [3.63, 3.8) is 0 Å². The Balaban J connectivity index is 1.38. The third kappa shape index (κ3) is 4.36. The average molecular weight is 469 g/mol. The molecule has 3 aromatic carbocycles. The lowest BCUT2D eigenvalue weighted by molar-refractivity contribution is 0.102. The normalized spacial score (nSPS) is 10.9. The summed E-state index contributed by atoms with van der Waals surface area (Å²) < 4.78 is 7.71. The van der Waals surface area contributed by atoms with Gasteiger partial charge in [0.05, 0.1) is 28.5 Å². The maximum Gasteiger partial charge on any atom is 0.259 e. The van der Waals surface area contributed by atoms with Crippen molar-refractivity contribution in [2.45, 2.75) is 6.61 Å². The minimum atomic E-state index is -0.284. The van der Waals surface area contributed by atoms with Crippen LogP contribution in [0.4, 0.5) is 5.69 Å². The van der Waals surface area contributed by atoms with Gasteiger partial charge in [-0.2, -0.15) is 5.10 Å². The van der Waals surface area contributed by atoms with E-state index in [-0.39, 0.29) is 12.5 Å². The summed E-state index contributed by atoms with van der Waals surface area (Å²) in [4.78, 5) is 17.5. The predicted octanol–water partition coefficient (Wildman–Crippen LogP) is 6.12. The van der Waals surface area contributed by atoms with E-state index < -0.39 is 0 Å². The molecular weight excluding hydrogens is 448 g/mol. The van der Waals surface area contributed by atoms with Crippen LogP contribution in [0.15, 0.2) is 91.1 Å². The highest BCUT2D eigenvalue weighted by atomic mass is 35.5. The quantitative estimate of drug-likeness (QED) is 0.326. The molecule has 168 valence electrons. The number of fused-ring (bicyclic) bond motifs is 1. The minimum Gasteiger partial charge on any atom is -0.488 e. The number of ether oxygens (including phenoxy) is 1. The summed E-state index contributed by atoms with van der Waals surface area (Å²) in [6.07, 6.45) is 1.64. The second-order valence-electron chi connectivity index (χ2n) is 7.76. The maximum atomic E-state index is 13.1. The number of pyridine rings is 1. The number of rotatable bonds is 6. The Morgan fingerprint density at radius 1 is 1.00 bits per heavy atom. The number of carbonyl (C=O) groups excluding carboxylic acids is 1. The monoisotopic (exact) mass is 468 g/mol. The van der Waals surface area contributed by atoms with Crippen molar-refractivity contribution in [1.82, 2.24) is 14.8 Å². The van der Waals surface area contributed by atoms with E-state index in [0.29, 0.717) is 22.2 Å². The van der Waals surface area contributed by atoms with Gasteiger partial charge >= 0.3 is 0 Å². The van der Waals surface area contributed by atoms with Gasteiger partial charge in [-0.15, -0.1) is 0 Å². The van der Waals surface area contributed by atoms with E-state index in [4.69, 9.17) is 16.3 Å². The van der Waals surface area contributed by atoms with Crippen LogP contribution >= 0.6 is 11.6 Å². The second kappa shape index (κ2) is 9.37. The average Bonchev–Trinajstić information content (AvgIpc) is 3.16. The van der Waals surface area contributed by atoms with Gasteiger partial charge in [0.2, 0.25) is 0 Å². The van der Waals surface area contributed by atoms with Crippen molar-refractivity contribution >= 4 is 34.1 Å². The predicted molar refractivity (Wildman–Crippen MR) is 134 cm³/mol. The zero-order valence-electron chi connectivity index (χ0n) is 18.4. The van der Waals surface area contributed by atoms with Gasteiger partial charge in [-0.25, -0.2) is 0 Å². The number of nitrogens with one attached hydrogen (secondary N) is 1. The first kappa shape index (κ1) is 21.7. The Kier molecular flexibility index (Phi) is 5.97. The summed E-state index contributed by atoms with van der Waals surface area (Å²) >= 11 is 6.52. The van der Waals surface area contributed by atoms with Crippen LogP contribution in [0.3, 0.4) is 0 Å². The highest BCUT2D eigenvalue weighted by Crippen LogP contribution is 2.30. The van der Waals surface area contributed by atoms with Gasteiger partial charge in [-0.05, 0) is 24.3 Å². The summed E-state index contributed by atoms with van der Waals surface area (Å²) in [6.45, 7) is 0.165. The number of anilines is 1. The molecule has 0 saturated heterocycles. The lowest BCUT2D eigenvalue weighted by Crippen LogP contribution is -2.14. The van der Waals surface area contributed by atoms with Gasteiger partial charge in [0, 0.05) is 18.0 Å². The molecule has 2 heterocycles. The van der Waals surface area contributed by atoms with Crippen LogP contribution in [0.25, 0.3) is 22.2 Å². The SMILES string of the molecule is Cn1nc(-c2ccccc2)c(COc2ccccc2C(=O)Nc2cnc3ccccc3c2)c1Cl. The molecule has 7 heteroatoms. The van der Waals surface area contributed by atoms with Gasteiger partial charge in [0.1, 0.15) is 23.2 Å². The topological polar surface area (TPSA) is 69.0 Å². The zero-order chi connectivity index (χ0) is 23.5. The minimum absolute atomic E-state index is 0.165. The molecule has 5 aromatic rings. The maximum absolute atomic E-state index is 13.1. The smallest absolute Gasteiger partial charge is 0.259 e. The van der Waals surface area contributed by atoms with Crippen molar-refractivity contribution in [2.75, 3.05) is 5.32 Å². The molecule has 0 radical (unpaired) electrons. The van der Waals surface area contributed by atoms with Crippen LogP contribution < -0.4 is 10.1 Å². The van der Waals surface area contributed by atoms with Crippen molar-refractivity contribution in [3.8, 4) is 17.0 Å². The number of hydrogen-bond donors (Lipinski definition) is 1. The van der Waals surface area contributed by atoms with Crippen molar-refractivity contribution in [3.05, 3.63) is 107 Å². The Bertz CT molecular complexity index is 1480. The highest BCUT2D eigenvalue weighted by molar-refractivity contribution is 6.30. The van der Waals surface area contributed by atoms with E-state index >= 15 is 0 Å². The molecule has 1 N–H and O–H groups in total. The molecule has 1 amide bonds. The molecule has 0 saturated carbocycles. The summed E-state index contributed by atoms with van der Waals surface area (Å²) in [6, 6.07) is 26.5. The number of aryl methyl sites for hydroxylation is 1. The van der Waals surface area contributed by atoms with E-state index in [1.165, 1.54) is 0 Å². The fourth-order valence-corrected chi connectivity index (χ4v) is 3.95. The molecule has 0 atom stereocenters. The molecule has 0 fully saturated rings. The number of hydrogen-bond acceptors (Lipinski definition) is 4. The summed E-state index contributed by atoms with van der Waals surface area (Å²) in [5.41, 5.74) is 4.34. The number of para-hydroxylation sites is 2. The lowest BCUT2D eigenvalue weighted by Gasteiger charge is -2.12. The number of halogens is 1. The van der Waals surface area contributed by atoms with E-state index in [1.54, 1.807) is 36.1 Å². The fourth-order valence-electron chi connectivity index (χ4n) is 3.77. The van der Waals surface area contributed by atoms with Crippen LogP contribution in [0.5, 0.6) is 5.75 Å². The van der Waals surface area contributed by atoms with Gasteiger partial charge in [-0.1, -0.05) is 72.3 Å². The van der Waals surface area contributed by atoms with Crippen molar-refractivity contribution in [2.24, 2.45) is 7.05 Å². The molecule has 5 rings (SSSR count). The summed E-state index contributed by atoms with van der Waals surface area (Å²) in [5, 5.41) is 8.90. The first-order valence-corrected chi connectivity index (χ1v) is 11.1. The van der Waals surface area contributed by atoms with Crippen LogP contribution in [0.2, 0.25) is 5.15 Å². The lowest BCUT2D eigenvalue weighted by atomic mass is 10.1. The van der Waals surface area contributed by atoms with E-state index in [2.05, 4.69) is 15.4 Å². The third-order valence-electron chi connectivity index (χ3n) is 5.47. The van der Waals surface area contributed by atoms with Crippen LogP contribution in [0, 0.1) is 0 Å². The number of aromatic nitrogens is 3. The molecule has 0 aliphatic carbocycles. The first-order valence-electron chi connectivity index (χ1n) is 10.7. The van der Waals surface area contributed by atoms with Gasteiger partial charge < -0.3 is 10.1 Å². The van der Waals surface area contributed by atoms with Crippen molar-refractivity contribution in [1.29, 1.82) is 0 Å². The Morgan fingerprint density at radius 3 is 2.59 bits per heavy atom. The molecule has 0 spiro atoms. The number of carbonyl (C=O) groups is 1. The second-order valence-corrected chi connectivity index (χ2v) is 8.12. The Morgan fingerprint density at radius 2 is 1.74 bits per heavy atom. The molecule has 0 unspecified atom stereocenters. The van der Waals surface area contributed by atoms with E-state index in [1.807, 2.05) is 66.7 Å². The van der Waals surface area contributed by atoms with Gasteiger partial charge in [0.15, 0.2) is 0 Å². The molecule has 0 aliphatic rings. The zero-order valence-corrected chi connectivity index (χ0v) is 19.2. The standard InChI is InChI=1S/C27H21ClN4O2/c1-32-26(28)22(25(31-32)18-9-3-2-4-10-18)17-34-24-14-8-6-12-21(24)27(33)30-20-15-19-11-5-7-13-23(19)29-16-20/h2-16H,17H2,1H3,(H,30,33). The number of benzene rings is 3. The van der Waals surface area contributed by atoms with Crippen molar-refractivity contribution < 1.29 is 9.53 Å². The molecule has 2 aromatic heterocycles. The molecule has 0 aliphatic heterocycles. The molecule has 0 bridgehead atoms. The first-order chi connectivity index (χ1) is 16.6. The Hall–Kier alpha value is -4.16. The molecule has 6 nitrogen and oxygen atoms in total. The summed E-state index contributed by atoms with van der Waals surface area (Å²) in [5.74, 6) is 0.168. The van der Waals surface area contributed by atoms with Crippen LogP contribution in [-0.4, -0.2) is 20.7 Å². The van der Waals surface area contributed by atoms with Crippen LogP contribution in [-0.2, 0) is 13.7 Å².